The van der Waals surface area contributed by atoms with E-state index in [1.54, 1.807) is 0 Å². The zero-order valence-corrected chi connectivity index (χ0v) is 10.9. The number of rotatable bonds is 1. The molecule has 0 atom stereocenters. The Morgan fingerprint density at radius 1 is 1.11 bits per heavy atom. The molecule has 0 heterocycles. The fourth-order valence-electron chi connectivity index (χ4n) is 0.573. The monoisotopic (exact) mass is 298 g/mol. The van der Waals surface area contributed by atoms with Gasteiger partial charge in [0.1, 0.15) is 0 Å². The van der Waals surface area contributed by atoms with E-state index in [9.17, 15) is 0 Å². The first-order valence-corrected chi connectivity index (χ1v) is 11.9. The Morgan fingerprint density at radius 2 is 1.67 bits per heavy atom. The molecule has 1 aromatic rings. The van der Waals surface area contributed by atoms with Crippen LogP contribution in [0.4, 0.5) is 0 Å². The summed E-state index contributed by atoms with van der Waals surface area (Å²) < 4.78 is 2.65. The van der Waals surface area contributed by atoms with E-state index in [-0.39, 0.29) is 0 Å². The van der Waals surface area contributed by atoms with Crippen molar-refractivity contribution in [2.75, 3.05) is 0 Å². The van der Waals surface area contributed by atoms with Crippen LogP contribution in [0.15, 0.2) is 28.7 Å². The summed E-state index contributed by atoms with van der Waals surface area (Å²) >= 11 is 6.43. The Bertz CT molecular complexity index is 183. The van der Waals surface area contributed by atoms with Crippen LogP contribution in [0, 0.1) is 0 Å². The molecular weight excluding hydrogens is 297 g/mol. The molecule has 0 saturated carbocycles. The summed E-state index contributed by atoms with van der Waals surface area (Å²) in [5.41, 5.74) is 0. The van der Waals surface area contributed by atoms with Gasteiger partial charge in [-0.15, -0.1) is 0 Å². The molecule has 0 aliphatic rings. The standard InChI is InChI=1S/C6H4Br.BrH.Zn/c7-6-4-2-1-3-5-6;;/h2-5H;1H;/q;;+1/p-1. The molecule has 0 N–H and O–H groups in total. The van der Waals surface area contributed by atoms with E-state index >= 15 is 0 Å². The van der Waals surface area contributed by atoms with Crippen LogP contribution in [-0.2, 0) is 15.2 Å². The van der Waals surface area contributed by atoms with Crippen molar-refractivity contribution in [3.05, 3.63) is 28.7 Å². The van der Waals surface area contributed by atoms with E-state index < -0.39 is 15.2 Å². The Labute approximate surface area is 77.1 Å². The molecule has 44 valence electrons. The minimum atomic E-state index is -0.505. The Balaban J connectivity index is 2.88. The first kappa shape index (κ1) is 7.91. The van der Waals surface area contributed by atoms with Crippen LogP contribution in [0.3, 0.4) is 0 Å². The predicted octanol–water partition coefficient (Wildman–Crippen LogP) is 2.47. The second kappa shape index (κ2) is 3.85. The summed E-state index contributed by atoms with van der Waals surface area (Å²) in [7, 11) is 0. The van der Waals surface area contributed by atoms with Crippen LogP contribution in [0.5, 0.6) is 0 Å². The van der Waals surface area contributed by atoms with Crippen molar-refractivity contribution in [2.24, 2.45) is 0 Å². The van der Waals surface area contributed by atoms with Gasteiger partial charge >= 0.3 is 77.6 Å². The molecule has 0 bridgehead atoms. The zero-order chi connectivity index (χ0) is 6.69. The molecule has 0 spiro atoms. The van der Waals surface area contributed by atoms with E-state index in [4.69, 9.17) is 0 Å². The van der Waals surface area contributed by atoms with Gasteiger partial charge in [-0.3, -0.25) is 0 Å². The van der Waals surface area contributed by atoms with Gasteiger partial charge in [0.15, 0.2) is 0 Å². The van der Waals surface area contributed by atoms with E-state index in [0.29, 0.717) is 0 Å². The van der Waals surface area contributed by atoms with E-state index in [2.05, 4.69) is 53.8 Å². The third-order valence-electron chi connectivity index (χ3n) is 1.07. The van der Waals surface area contributed by atoms with Gasteiger partial charge in [0, 0.05) is 0 Å². The van der Waals surface area contributed by atoms with Gasteiger partial charge in [-0.2, -0.15) is 0 Å². The molecule has 0 amide bonds. The van der Waals surface area contributed by atoms with Crippen LogP contribution in [-0.4, -0.2) is 0 Å². The summed E-state index contributed by atoms with van der Waals surface area (Å²) in [6.45, 7) is 0. The first-order valence-electron chi connectivity index (χ1n) is 2.63. The maximum absolute atomic E-state index is 3.55. The number of hydrogen-bond donors (Lipinski definition) is 0. The van der Waals surface area contributed by atoms with Crippen molar-refractivity contribution in [3.8, 4) is 0 Å². The molecule has 0 aliphatic heterocycles. The van der Waals surface area contributed by atoms with Crippen LogP contribution in [0.2, 0.25) is 0 Å². The van der Waals surface area contributed by atoms with Crippen molar-refractivity contribution in [1.82, 2.24) is 0 Å². The van der Waals surface area contributed by atoms with Crippen LogP contribution in [0.25, 0.3) is 0 Å². The quantitative estimate of drug-likeness (QED) is 0.699. The molecule has 0 nitrogen and oxygen atoms in total. The Morgan fingerprint density at radius 3 is 2.11 bits per heavy atom. The van der Waals surface area contributed by atoms with Gasteiger partial charge in [0.2, 0.25) is 0 Å². The average molecular weight is 301 g/mol. The zero-order valence-electron chi connectivity index (χ0n) is 4.77. The van der Waals surface area contributed by atoms with Crippen molar-refractivity contribution >= 4 is 33.7 Å². The molecule has 9 heavy (non-hydrogen) atoms. The van der Waals surface area contributed by atoms with Crippen molar-refractivity contribution in [3.63, 3.8) is 0 Å². The number of benzene rings is 1. The molecular formula is C6H4Br2Zn. The topological polar surface area (TPSA) is 0 Å². The second-order valence-corrected chi connectivity index (χ2v) is 7.86. The van der Waals surface area contributed by atoms with E-state index in [0.717, 1.165) is 4.47 Å². The summed E-state index contributed by atoms with van der Waals surface area (Å²) in [5.74, 6) is 0. The molecule has 1 aromatic carbocycles. The molecule has 0 unspecified atom stereocenters. The molecule has 0 aromatic heterocycles. The molecule has 0 aliphatic carbocycles. The van der Waals surface area contributed by atoms with Crippen molar-refractivity contribution < 1.29 is 15.2 Å². The molecule has 0 fully saturated rings. The number of halogens is 2. The van der Waals surface area contributed by atoms with Crippen molar-refractivity contribution in [1.29, 1.82) is 0 Å². The minimum absolute atomic E-state index is 0.505. The second-order valence-electron chi connectivity index (χ2n) is 1.76. The molecule has 1 rings (SSSR count). The van der Waals surface area contributed by atoms with Crippen LogP contribution in [0.1, 0.15) is 0 Å². The third-order valence-corrected chi connectivity index (χ3v) is 6.60. The predicted molar refractivity (Wildman–Crippen MR) is 42.7 cm³/mol. The fourth-order valence-corrected chi connectivity index (χ4v) is 3.65. The fraction of sp³-hybridized carbons (Fsp3) is 0. The van der Waals surface area contributed by atoms with Gasteiger partial charge in [-0.05, 0) is 0 Å². The number of hydrogen-bond acceptors (Lipinski definition) is 0. The Hall–Kier alpha value is 0.803. The van der Waals surface area contributed by atoms with Crippen LogP contribution >= 0.6 is 29.6 Å². The van der Waals surface area contributed by atoms with Gasteiger partial charge < -0.3 is 0 Å². The SMILES string of the molecule is [Br][Zn][c]1ccc(Br)cc1. The first-order chi connectivity index (χ1) is 4.33. The summed E-state index contributed by atoms with van der Waals surface area (Å²) in [6, 6.07) is 8.50. The summed E-state index contributed by atoms with van der Waals surface area (Å²) in [4.78, 5) is 0. The van der Waals surface area contributed by atoms with E-state index in [1.165, 1.54) is 4.16 Å². The molecule has 0 saturated heterocycles. The average Bonchev–Trinajstić information content (AvgIpc) is 1.90. The van der Waals surface area contributed by atoms with Gasteiger partial charge in [0.25, 0.3) is 0 Å². The van der Waals surface area contributed by atoms with Crippen molar-refractivity contribution in [2.45, 2.75) is 0 Å². The third kappa shape index (κ3) is 2.49. The normalized spacial score (nSPS) is 8.67. The summed E-state index contributed by atoms with van der Waals surface area (Å²) in [6.07, 6.45) is 0. The van der Waals surface area contributed by atoms with Gasteiger partial charge in [-0.1, -0.05) is 0 Å². The molecule has 0 radical (unpaired) electrons. The van der Waals surface area contributed by atoms with Gasteiger partial charge in [-0.25, -0.2) is 0 Å². The van der Waals surface area contributed by atoms with Gasteiger partial charge in [0.05, 0.1) is 0 Å². The maximum atomic E-state index is 3.55. The van der Waals surface area contributed by atoms with Crippen LogP contribution < -0.4 is 4.16 Å². The molecule has 3 heteroatoms. The Kier molecular flexibility index (Phi) is 3.38. The van der Waals surface area contributed by atoms with E-state index in [1.807, 2.05) is 0 Å². The summed E-state index contributed by atoms with van der Waals surface area (Å²) in [5, 5.41) is 0.